The second-order valence-electron chi connectivity index (χ2n) is 10.8. The number of carbonyl (C=O) groups is 1. The first-order valence-corrected chi connectivity index (χ1v) is 12.4. The number of esters is 1. The maximum Gasteiger partial charge on any atom is 0.311 e. The number of anilines is 1. The van der Waals surface area contributed by atoms with Crippen molar-refractivity contribution in [1.82, 2.24) is 4.90 Å². The van der Waals surface area contributed by atoms with Gasteiger partial charge in [-0.1, -0.05) is 38.0 Å². The summed E-state index contributed by atoms with van der Waals surface area (Å²) >= 11 is 0. The van der Waals surface area contributed by atoms with Crippen LogP contribution in [0, 0.1) is 23.2 Å². The van der Waals surface area contributed by atoms with Gasteiger partial charge in [-0.3, -0.25) is 9.69 Å². The molecular weight excluding hydrogens is 400 g/mol. The summed E-state index contributed by atoms with van der Waals surface area (Å²) in [4.78, 5) is 17.9. The Morgan fingerprint density at radius 2 is 2.09 bits per heavy atom. The molecule has 0 amide bonds. The number of hydrogen-bond acceptors (Lipinski definition) is 5. The van der Waals surface area contributed by atoms with Crippen LogP contribution in [0.5, 0.6) is 5.75 Å². The van der Waals surface area contributed by atoms with Crippen molar-refractivity contribution in [1.29, 1.82) is 0 Å². The lowest BCUT2D eigenvalue weighted by Crippen LogP contribution is -2.53. The van der Waals surface area contributed by atoms with Gasteiger partial charge in [0.15, 0.2) is 0 Å². The van der Waals surface area contributed by atoms with Gasteiger partial charge in [-0.25, -0.2) is 0 Å². The Morgan fingerprint density at radius 3 is 2.88 bits per heavy atom. The molecule has 0 bridgehead atoms. The lowest BCUT2D eigenvalue weighted by molar-refractivity contribution is -0.145. The fraction of sp³-hybridized carbons (Fsp3) is 0.667. The van der Waals surface area contributed by atoms with Crippen molar-refractivity contribution in [3.8, 4) is 5.75 Å². The maximum atomic E-state index is 12.9. The van der Waals surface area contributed by atoms with Crippen LogP contribution in [0.1, 0.15) is 46.5 Å². The number of fused-ring (bicyclic) bond motifs is 2. The average molecular weight is 439 g/mol. The molecule has 0 radical (unpaired) electrons. The molecule has 5 nitrogen and oxygen atoms in total. The van der Waals surface area contributed by atoms with Crippen LogP contribution in [-0.2, 0) is 9.53 Å². The number of benzene rings is 1. The molecule has 2 saturated heterocycles. The van der Waals surface area contributed by atoms with Crippen molar-refractivity contribution in [2.75, 3.05) is 38.2 Å². The summed E-state index contributed by atoms with van der Waals surface area (Å²) in [6, 6.07) is 8.70. The molecule has 0 unspecified atom stereocenters. The molecule has 0 aromatic heterocycles. The Morgan fingerprint density at radius 1 is 1.25 bits per heavy atom. The summed E-state index contributed by atoms with van der Waals surface area (Å²) in [6.45, 7) is 10.7. The number of allylic oxidation sites excluding steroid dienone is 1. The molecule has 32 heavy (non-hydrogen) atoms. The highest BCUT2D eigenvalue weighted by molar-refractivity contribution is 5.76. The van der Waals surface area contributed by atoms with E-state index in [0.29, 0.717) is 12.0 Å². The van der Waals surface area contributed by atoms with Crippen molar-refractivity contribution < 1.29 is 14.3 Å². The minimum atomic E-state index is -0.0262. The van der Waals surface area contributed by atoms with Crippen LogP contribution in [0.2, 0.25) is 0 Å². The Bertz CT molecular complexity index is 899. The summed E-state index contributed by atoms with van der Waals surface area (Å²) in [5, 5.41) is 0. The molecule has 2 heterocycles. The Hall–Kier alpha value is -2.01. The molecule has 1 aromatic carbocycles. The normalized spacial score (nSPS) is 37.4. The van der Waals surface area contributed by atoms with Crippen LogP contribution in [0.3, 0.4) is 0 Å². The van der Waals surface area contributed by atoms with Crippen molar-refractivity contribution in [2.45, 2.75) is 58.6 Å². The summed E-state index contributed by atoms with van der Waals surface area (Å²) < 4.78 is 11.4. The number of ether oxygens (including phenoxy) is 2. The molecule has 5 heteroatoms. The topological polar surface area (TPSA) is 42.0 Å². The Labute approximate surface area is 192 Å². The third-order valence-corrected chi connectivity index (χ3v) is 8.63. The van der Waals surface area contributed by atoms with Crippen molar-refractivity contribution in [3.63, 3.8) is 0 Å². The van der Waals surface area contributed by atoms with E-state index in [1.54, 1.807) is 12.7 Å². The Kier molecular flexibility index (Phi) is 5.73. The first-order valence-electron chi connectivity index (χ1n) is 12.4. The van der Waals surface area contributed by atoms with Crippen LogP contribution in [0.15, 0.2) is 35.9 Å². The fourth-order valence-electron chi connectivity index (χ4n) is 6.91. The zero-order valence-corrected chi connectivity index (χ0v) is 20.0. The largest absolute Gasteiger partial charge is 0.497 e. The van der Waals surface area contributed by atoms with Crippen LogP contribution in [-0.4, -0.2) is 56.3 Å². The second kappa shape index (κ2) is 8.40. The van der Waals surface area contributed by atoms with E-state index < -0.39 is 0 Å². The van der Waals surface area contributed by atoms with Crippen LogP contribution < -0.4 is 9.64 Å². The van der Waals surface area contributed by atoms with Crippen molar-refractivity contribution >= 4 is 11.7 Å². The van der Waals surface area contributed by atoms with Gasteiger partial charge >= 0.3 is 5.97 Å². The molecular formula is C27H38N2O3. The molecule has 0 N–H and O–H groups in total. The van der Waals surface area contributed by atoms with Gasteiger partial charge in [0.05, 0.1) is 13.0 Å². The van der Waals surface area contributed by atoms with Crippen molar-refractivity contribution in [2.24, 2.45) is 23.2 Å². The molecule has 0 spiro atoms. The van der Waals surface area contributed by atoms with E-state index in [1.165, 1.54) is 24.9 Å². The molecule has 3 fully saturated rings. The summed E-state index contributed by atoms with van der Waals surface area (Å²) in [6.07, 6.45) is 7.36. The molecule has 174 valence electrons. The number of carbonyl (C=O) groups excluding carboxylic acids is 1. The van der Waals surface area contributed by atoms with Gasteiger partial charge in [-0.15, -0.1) is 0 Å². The summed E-state index contributed by atoms with van der Waals surface area (Å²) in [5.41, 5.74) is 3.04. The molecule has 6 atom stereocenters. The van der Waals surface area contributed by atoms with E-state index in [1.807, 2.05) is 6.07 Å². The SMILES string of the molecule is COc1cccc(N2CCN(C[C@@H]3C(=O)O[C@@H]4C[C@]5(C)CCC[C@@H](C)C5=C[C@@H]34)C[C@@H]2C)c1. The van der Waals surface area contributed by atoms with Gasteiger partial charge in [-0.05, 0) is 49.7 Å². The molecule has 1 saturated carbocycles. The number of piperazine rings is 1. The second-order valence-corrected chi connectivity index (χ2v) is 10.8. The third kappa shape index (κ3) is 3.83. The third-order valence-electron chi connectivity index (χ3n) is 8.63. The zero-order valence-electron chi connectivity index (χ0n) is 20.0. The van der Waals surface area contributed by atoms with Gasteiger partial charge in [0.25, 0.3) is 0 Å². The number of methoxy groups -OCH3 is 1. The lowest BCUT2D eigenvalue weighted by Gasteiger charge is -2.46. The summed E-state index contributed by atoms with van der Waals surface area (Å²) in [7, 11) is 1.71. The number of nitrogens with zero attached hydrogens (tertiary/aromatic N) is 2. The lowest BCUT2D eigenvalue weighted by atomic mass is 9.59. The summed E-state index contributed by atoms with van der Waals surface area (Å²) in [5.74, 6) is 1.78. The first kappa shape index (κ1) is 21.8. The van der Waals surface area contributed by atoms with Gasteiger partial charge in [-0.2, -0.15) is 0 Å². The first-order chi connectivity index (χ1) is 15.4. The highest BCUT2D eigenvalue weighted by atomic mass is 16.6. The molecule has 2 aliphatic carbocycles. The van der Waals surface area contributed by atoms with Crippen LogP contribution >= 0.6 is 0 Å². The quantitative estimate of drug-likeness (QED) is 0.511. The van der Waals surface area contributed by atoms with E-state index in [9.17, 15) is 4.79 Å². The van der Waals surface area contributed by atoms with E-state index in [4.69, 9.17) is 9.47 Å². The standard InChI is InChI=1S/C27H38N2O3/c1-18-7-6-10-27(3)15-25-22(14-24(18)27)23(26(30)32-25)17-28-11-12-29(19(2)16-28)20-8-5-9-21(13-20)31-4/h5,8-9,13-14,18-19,22-23,25H,6-7,10-12,15-17H2,1-4H3/t18-,19+,22+,23+,25-,27+/m1/s1. The van der Waals surface area contributed by atoms with E-state index >= 15 is 0 Å². The van der Waals surface area contributed by atoms with Crippen LogP contribution in [0.4, 0.5) is 5.69 Å². The predicted octanol–water partition coefficient (Wildman–Crippen LogP) is 4.52. The zero-order chi connectivity index (χ0) is 22.5. The molecule has 2 aliphatic heterocycles. The minimum Gasteiger partial charge on any atom is -0.497 e. The van der Waals surface area contributed by atoms with Gasteiger partial charge in [0.1, 0.15) is 11.9 Å². The minimum absolute atomic E-state index is 0.0228. The van der Waals surface area contributed by atoms with Gasteiger partial charge < -0.3 is 14.4 Å². The van der Waals surface area contributed by atoms with Crippen molar-refractivity contribution in [3.05, 3.63) is 35.9 Å². The van der Waals surface area contributed by atoms with E-state index in [-0.39, 0.29) is 29.3 Å². The fourth-order valence-corrected chi connectivity index (χ4v) is 6.91. The van der Waals surface area contributed by atoms with Gasteiger partial charge in [0.2, 0.25) is 0 Å². The monoisotopic (exact) mass is 438 g/mol. The predicted molar refractivity (Wildman–Crippen MR) is 127 cm³/mol. The number of hydrogen-bond donors (Lipinski definition) is 0. The number of rotatable bonds is 4. The maximum absolute atomic E-state index is 12.9. The Balaban J connectivity index is 1.28. The van der Waals surface area contributed by atoms with E-state index in [0.717, 1.165) is 38.3 Å². The van der Waals surface area contributed by atoms with E-state index in [2.05, 4.69) is 54.8 Å². The van der Waals surface area contributed by atoms with Crippen LogP contribution in [0.25, 0.3) is 0 Å². The average Bonchev–Trinajstić information content (AvgIpc) is 3.06. The molecule has 4 aliphatic rings. The highest BCUT2D eigenvalue weighted by Crippen LogP contribution is 2.54. The smallest absolute Gasteiger partial charge is 0.311 e. The van der Waals surface area contributed by atoms with Gasteiger partial charge in [0, 0.05) is 49.9 Å². The molecule has 5 rings (SSSR count). The molecule has 1 aromatic rings. The highest BCUT2D eigenvalue weighted by Gasteiger charge is 2.52.